The number of halogens is 1. The smallest absolute Gasteiger partial charge is 0.237 e. The second-order valence-electron chi connectivity index (χ2n) is 5.48. The van der Waals surface area contributed by atoms with E-state index in [-0.39, 0.29) is 11.2 Å². The van der Waals surface area contributed by atoms with Crippen molar-refractivity contribution in [2.24, 2.45) is 0 Å². The number of thioether (sulfide) groups is 1. The predicted octanol–water partition coefficient (Wildman–Crippen LogP) is 5.52. The van der Waals surface area contributed by atoms with Gasteiger partial charge in [0, 0.05) is 16.5 Å². The van der Waals surface area contributed by atoms with Crippen molar-refractivity contribution in [1.82, 2.24) is 4.98 Å². The van der Waals surface area contributed by atoms with Crippen LogP contribution in [-0.4, -0.2) is 16.1 Å². The van der Waals surface area contributed by atoms with Crippen LogP contribution in [0.5, 0.6) is 0 Å². The number of carbonyl (C=O) groups excluding carboxylic acids is 1. The molecule has 0 aliphatic heterocycles. The first kappa shape index (κ1) is 17.3. The van der Waals surface area contributed by atoms with E-state index in [1.807, 2.05) is 44.2 Å². The molecule has 1 unspecified atom stereocenters. The number of nitrogens with zero attached hydrogens (tertiary/aromatic N) is 1. The Morgan fingerprint density at radius 2 is 2.12 bits per heavy atom. The quantitative estimate of drug-likeness (QED) is 0.637. The van der Waals surface area contributed by atoms with Gasteiger partial charge in [0.1, 0.15) is 5.01 Å². The zero-order valence-electron chi connectivity index (χ0n) is 13.4. The van der Waals surface area contributed by atoms with Gasteiger partial charge in [-0.1, -0.05) is 29.8 Å². The molecule has 0 fully saturated rings. The summed E-state index contributed by atoms with van der Waals surface area (Å²) in [6, 6.07) is 13.6. The largest absolute Gasteiger partial charge is 0.325 e. The summed E-state index contributed by atoms with van der Waals surface area (Å²) in [5.41, 5.74) is 2.78. The average Bonchev–Trinajstić information content (AvgIpc) is 2.98. The maximum Gasteiger partial charge on any atom is 0.237 e. The SMILES string of the molecule is Cc1ccc(Cl)cc1NC(=O)C(C)SCc1nc2ccccc2s1. The Labute approximate surface area is 154 Å². The molecule has 24 heavy (non-hydrogen) atoms. The van der Waals surface area contributed by atoms with E-state index in [0.717, 1.165) is 27.5 Å². The lowest BCUT2D eigenvalue weighted by atomic mass is 10.2. The summed E-state index contributed by atoms with van der Waals surface area (Å²) in [5.74, 6) is 0.703. The third-order valence-corrected chi connectivity index (χ3v) is 6.23. The van der Waals surface area contributed by atoms with Crippen LogP contribution in [0.2, 0.25) is 5.02 Å². The molecule has 6 heteroatoms. The highest BCUT2D eigenvalue weighted by atomic mass is 35.5. The number of hydrogen-bond acceptors (Lipinski definition) is 4. The number of hydrogen-bond donors (Lipinski definition) is 1. The molecule has 0 radical (unpaired) electrons. The van der Waals surface area contributed by atoms with E-state index in [0.29, 0.717) is 5.02 Å². The van der Waals surface area contributed by atoms with Gasteiger partial charge in [-0.3, -0.25) is 4.79 Å². The van der Waals surface area contributed by atoms with Gasteiger partial charge in [0.05, 0.1) is 15.5 Å². The number of benzene rings is 2. The number of anilines is 1. The molecule has 1 heterocycles. The number of amides is 1. The molecule has 0 spiro atoms. The van der Waals surface area contributed by atoms with E-state index in [1.165, 1.54) is 4.70 Å². The molecule has 124 valence electrons. The van der Waals surface area contributed by atoms with Crippen LogP contribution >= 0.6 is 34.7 Å². The lowest BCUT2D eigenvalue weighted by Gasteiger charge is -2.13. The summed E-state index contributed by atoms with van der Waals surface area (Å²) in [6.45, 7) is 3.86. The molecule has 0 bridgehead atoms. The second kappa shape index (κ2) is 7.55. The van der Waals surface area contributed by atoms with Gasteiger partial charge in [-0.15, -0.1) is 23.1 Å². The van der Waals surface area contributed by atoms with Crippen LogP contribution in [-0.2, 0) is 10.5 Å². The molecule has 1 amide bonds. The van der Waals surface area contributed by atoms with Crippen molar-refractivity contribution in [3.05, 3.63) is 58.1 Å². The molecule has 0 aliphatic carbocycles. The van der Waals surface area contributed by atoms with Crippen molar-refractivity contribution in [1.29, 1.82) is 0 Å². The molecule has 3 nitrogen and oxygen atoms in total. The van der Waals surface area contributed by atoms with Crippen LogP contribution in [0, 0.1) is 6.92 Å². The van der Waals surface area contributed by atoms with Crippen molar-refractivity contribution < 1.29 is 4.79 Å². The minimum atomic E-state index is -0.171. The van der Waals surface area contributed by atoms with Gasteiger partial charge in [0.15, 0.2) is 0 Å². The van der Waals surface area contributed by atoms with Crippen molar-refractivity contribution >= 4 is 56.5 Å². The minimum Gasteiger partial charge on any atom is -0.325 e. The Morgan fingerprint density at radius 3 is 2.92 bits per heavy atom. The number of fused-ring (bicyclic) bond motifs is 1. The maximum atomic E-state index is 12.4. The Kier molecular flexibility index (Phi) is 5.43. The van der Waals surface area contributed by atoms with Crippen molar-refractivity contribution in [2.45, 2.75) is 24.9 Å². The van der Waals surface area contributed by atoms with Gasteiger partial charge in [-0.25, -0.2) is 4.98 Å². The minimum absolute atomic E-state index is 0.0218. The molecule has 0 saturated carbocycles. The highest BCUT2D eigenvalue weighted by Crippen LogP contribution is 2.27. The molecule has 1 aromatic heterocycles. The first-order valence-electron chi connectivity index (χ1n) is 7.56. The molecule has 3 rings (SSSR count). The summed E-state index contributed by atoms with van der Waals surface area (Å²) in [7, 11) is 0. The average molecular weight is 377 g/mol. The van der Waals surface area contributed by atoms with Crippen LogP contribution < -0.4 is 5.32 Å². The molecule has 1 N–H and O–H groups in total. The molecule has 0 saturated heterocycles. The molecular weight excluding hydrogens is 360 g/mol. The lowest BCUT2D eigenvalue weighted by Crippen LogP contribution is -2.23. The van der Waals surface area contributed by atoms with Crippen molar-refractivity contribution in [2.75, 3.05) is 5.32 Å². The summed E-state index contributed by atoms with van der Waals surface area (Å²) >= 11 is 9.26. The van der Waals surface area contributed by atoms with E-state index >= 15 is 0 Å². The summed E-state index contributed by atoms with van der Waals surface area (Å²) in [6.07, 6.45) is 0. The topological polar surface area (TPSA) is 42.0 Å². The van der Waals surface area contributed by atoms with E-state index in [1.54, 1.807) is 29.2 Å². The van der Waals surface area contributed by atoms with Gasteiger partial charge < -0.3 is 5.32 Å². The van der Waals surface area contributed by atoms with E-state index in [4.69, 9.17) is 11.6 Å². The lowest BCUT2D eigenvalue weighted by molar-refractivity contribution is -0.115. The first-order valence-corrected chi connectivity index (χ1v) is 9.80. The van der Waals surface area contributed by atoms with Crippen LogP contribution in [0.3, 0.4) is 0 Å². The summed E-state index contributed by atoms with van der Waals surface area (Å²) in [4.78, 5) is 17.0. The van der Waals surface area contributed by atoms with E-state index in [2.05, 4.69) is 16.4 Å². The Hall–Kier alpha value is -1.56. The number of aryl methyl sites for hydroxylation is 1. The number of para-hydroxylation sites is 1. The maximum absolute atomic E-state index is 12.4. The third-order valence-electron chi connectivity index (χ3n) is 3.62. The zero-order chi connectivity index (χ0) is 17.1. The van der Waals surface area contributed by atoms with Gasteiger partial charge in [0.25, 0.3) is 0 Å². The van der Waals surface area contributed by atoms with Crippen LogP contribution in [0.4, 0.5) is 5.69 Å². The Bertz CT molecular complexity index is 845. The highest BCUT2D eigenvalue weighted by Gasteiger charge is 2.16. The number of thiazole rings is 1. The van der Waals surface area contributed by atoms with Crippen LogP contribution in [0.25, 0.3) is 10.2 Å². The molecule has 1 atom stereocenters. The van der Waals surface area contributed by atoms with Crippen LogP contribution in [0.1, 0.15) is 17.5 Å². The van der Waals surface area contributed by atoms with Gasteiger partial charge in [0.2, 0.25) is 5.91 Å². The predicted molar refractivity (Wildman–Crippen MR) is 105 cm³/mol. The standard InChI is InChI=1S/C18H17ClN2OS2/c1-11-7-8-13(19)9-15(11)21-18(22)12(2)23-10-17-20-14-5-3-4-6-16(14)24-17/h3-9,12H,10H2,1-2H3,(H,21,22). The van der Waals surface area contributed by atoms with Crippen molar-refractivity contribution in [3.63, 3.8) is 0 Å². The summed E-state index contributed by atoms with van der Waals surface area (Å²) < 4.78 is 1.18. The monoisotopic (exact) mass is 376 g/mol. The molecule has 2 aromatic carbocycles. The third kappa shape index (κ3) is 4.09. The van der Waals surface area contributed by atoms with Crippen molar-refractivity contribution in [3.8, 4) is 0 Å². The number of rotatable bonds is 5. The molecular formula is C18H17ClN2OS2. The number of nitrogens with one attached hydrogen (secondary N) is 1. The fourth-order valence-electron chi connectivity index (χ4n) is 2.22. The fourth-order valence-corrected chi connectivity index (χ4v) is 4.26. The second-order valence-corrected chi connectivity index (χ2v) is 8.36. The first-order chi connectivity index (χ1) is 11.5. The summed E-state index contributed by atoms with van der Waals surface area (Å²) in [5, 5.41) is 4.44. The Balaban J connectivity index is 1.60. The normalized spacial score (nSPS) is 12.3. The van der Waals surface area contributed by atoms with Crippen LogP contribution in [0.15, 0.2) is 42.5 Å². The molecule has 3 aromatic rings. The van der Waals surface area contributed by atoms with Gasteiger partial charge in [-0.2, -0.15) is 0 Å². The zero-order valence-corrected chi connectivity index (χ0v) is 15.8. The highest BCUT2D eigenvalue weighted by molar-refractivity contribution is 7.99. The number of carbonyl (C=O) groups is 1. The van der Waals surface area contributed by atoms with E-state index in [9.17, 15) is 4.79 Å². The van der Waals surface area contributed by atoms with Gasteiger partial charge in [-0.05, 0) is 43.7 Å². The fraction of sp³-hybridized carbons (Fsp3) is 0.222. The Morgan fingerprint density at radius 1 is 1.33 bits per heavy atom. The van der Waals surface area contributed by atoms with E-state index < -0.39 is 0 Å². The number of aromatic nitrogens is 1. The van der Waals surface area contributed by atoms with Gasteiger partial charge >= 0.3 is 0 Å². The molecule has 0 aliphatic rings.